The van der Waals surface area contributed by atoms with Gasteiger partial charge in [0.2, 0.25) is 0 Å². The van der Waals surface area contributed by atoms with Crippen LogP contribution >= 0.6 is 15.9 Å². The SMILES string of the molecule is O=C1Nc2cc(Br)ccc2C(c2ccco2)N1. The van der Waals surface area contributed by atoms with Gasteiger partial charge in [-0.05, 0) is 24.3 Å². The number of nitrogens with one attached hydrogen (secondary N) is 2. The van der Waals surface area contributed by atoms with Gasteiger partial charge in [0.15, 0.2) is 0 Å². The number of benzene rings is 1. The fraction of sp³-hybridized carbons (Fsp3) is 0.0833. The Balaban J connectivity index is 2.11. The van der Waals surface area contributed by atoms with Crippen molar-refractivity contribution in [3.8, 4) is 0 Å². The third-order valence-corrected chi connectivity index (χ3v) is 3.17. The van der Waals surface area contributed by atoms with Crippen molar-refractivity contribution in [2.45, 2.75) is 6.04 Å². The van der Waals surface area contributed by atoms with Crippen molar-refractivity contribution < 1.29 is 9.21 Å². The van der Waals surface area contributed by atoms with Crippen molar-refractivity contribution in [2.75, 3.05) is 5.32 Å². The molecule has 0 spiro atoms. The van der Waals surface area contributed by atoms with Crippen LogP contribution in [0.1, 0.15) is 17.4 Å². The minimum absolute atomic E-state index is 0.225. The standard InChI is InChI=1S/C12H9BrN2O2/c13-7-3-4-8-9(6-7)14-12(16)15-11(8)10-2-1-5-17-10/h1-6,11H,(H2,14,15,16). The summed E-state index contributed by atoms with van der Waals surface area (Å²) in [6.45, 7) is 0. The molecule has 2 amide bonds. The Hall–Kier alpha value is -1.75. The number of carbonyl (C=O) groups excluding carboxylic acids is 1. The van der Waals surface area contributed by atoms with Crippen molar-refractivity contribution in [1.29, 1.82) is 0 Å². The van der Waals surface area contributed by atoms with Crippen LogP contribution in [0.3, 0.4) is 0 Å². The van der Waals surface area contributed by atoms with Crippen LogP contribution < -0.4 is 10.6 Å². The van der Waals surface area contributed by atoms with Crippen LogP contribution in [-0.4, -0.2) is 6.03 Å². The van der Waals surface area contributed by atoms with Crippen LogP contribution in [0.4, 0.5) is 10.5 Å². The lowest BCUT2D eigenvalue weighted by molar-refractivity contribution is 0.247. The Labute approximate surface area is 106 Å². The van der Waals surface area contributed by atoms with Gasteiger partial charge in [-0.2, -0.15) is 0 Å². The molecule has 2 heterocycles. The molecule has 0 radical (unpaired) electrons. The summed E-state index contributed by atoms with van der Waals surface area (Å²) < 4.78 is 6.28. The summed E-state index contributed by atoms with van der Waals surface area (Å²) in [5.41, 5.74) is 1.78. The summed E-state index contributed by atoms with van der Waals surface area (Å²) in [6.07, 6.45) is 1.60. The Morgan fingerprint density at radius 2 is 2.18 bits per heavy atom. The molecule has 1 unspecified atom stereocenters. The molecule has 2 aromatic rings. The van der Waals surface area contributed by atoms with Crippen LogP contribution in [0.5, 0.6) is 0 Å². The second kappa shape index (κ2) is 3.92. The minimum Gasteiger partial charge on any atom is -0.467 e. The Morgan fingerprint density at radius 3 is 2.94 bits per heavy atom. The van der Waals surface area contributed by atoms with Crippen molar-refractivity contribution >= 4 is 27.6 Å². The molecule has 0 bridgehead atoms. The maximum atomic E-state index is 11.6. The summed E-state index contributed by atoms with van der Waals surface area (Å²) in [6, 6.07) is 8.97. The molecule has 3 rings (SSSR count). The molecule has 5 heteroatoms. The zero-order chi connectivity index (χ0) is 11.8. The average molecular weight is 293 g/mol. The summed E-state index contributed by atoms with van der Waals surface area (Å²) in [4.78, 5) is 11.6. The molecule has 0 saturated heterocycles. The molecule has 4 nitrogen and oxygen atoms in total. The molecule has 1 aliphatic heterocycles. The lowest BCUT2D eigenvalue weighted by Gasteiger charge is -2.26. The van der Waals surface area contributed by atoms with Crippen LogP contribution in [0.15, 0.2) is 45.5 Å². The minimum atomic E-state index is -0.234. The highest BCUT2D eigenvalue weighted by Gasteiger charge is 2.27. The van der Waals surface area contributed by atoms with Crippen LogP contribution in [0.2, 0.25) is 0 Å². The largest absolute Gasteiger partial charge is 0.467 e. The van der Waals surface area contributed by atoms with E-state index in [0.717, 1.165) is 21.5 Å². The van der Waals surface area contributed by atoms with E-state index >= 15 is 0 Å². The van der Waals surface area contributed by atoms with Gasteiger partial charge in [0.25, 0.3) is 0 Å². The quantitative estimate of drug-likeness (QED) is 0.848. The van der Waals surface area contributed by atoms with Crippen LogP contribution in [-0.2, 0) is 0 Å². The number of hydrogen-bond acceptors (Lipinski definition) is 2. The number of urea groups is 1. The zero-order valence-electron chi connectivity index (χ0n) is 8.74. The molecule has 0 fully saturated rings. The Morgan fingerprint density at radius 1 is 1.29 bits per heavy atom. The first-order chi connectivity index (χ1) is 8.24. The molecule has 0 saturated carbocycles. The highest BCUT2D eigenvalue weighted by molar-refractivity contribution is 9.10. The fourth-order valence-electron chi connectivity index (χ4n) is 1.94. The van der Waals surface area contributed by atoms with Gasteiger partial charge < -0.3 is 15.1 Å². The maximum Gasteiger partial charge on any atom is 0.320 e. The zero-order valence-corrected chi connectivity index (χ0v) is 10.3. The highest BCUT2D eigenvalue weighted by Crippen LogP contribution is 2.33. The maximum absolute atomic E-state index is 11.6. The number of carbonyl (C=O) groups is 1. The normalized spacial score (nSPS) is 18.2. The number of rotatable bonds is 1. The van der Waals surface area contributed by atoms with E-state index in [0.29, 0.717) is 0 Å². The number of halogens is 1. The van der Waals surface area contributed by atoms with Gasteiger partial charge in [-0.15, -0.1) is 0 Å². The van der Waals surface area contributed by atoms with Gasteiger partial charge in [-0.25, -0.2) is 4.79 Å². The Bertz CT molecular complexity index is 566. The fourth-order valence-corrected chi connectivity index (χ4v) is 2.30. The van der Waals surface area contributed by atoms with Crippen molar-refractivity contribution in [3.05, 3.63) is 52.4 Å². The Kier molecular flexibility index (Phi) is 2.40. The molecule has 1 aromatic heterocycles. The number of furan rings is 1. The monoisotopic (exact) mass is 292 g/mol. The van der Waals surface area contributed by atoms with Crippen LogP contribution in [0.25, 0.3) is 0 Å². The average Bonchev–Trinajstić information content (AvgIpc) is 2.80. The summed E-state index contributed by atoms with van der Waals surface area (Å²) in [7, 11) is 0. The highest BCUT2D eigenvalue weighted by atomic mass is 79.9. The van der Waals surface area contributed by atoms with E-state index in [1.807, 2.05) is 30.3 Å². The van der Waals surface area contributed by atoms with E-state index in [4.69, 9.17) is 4.42 Å². The lowest BCUT2D eigenvalue weighted by Crippen LogP contribution is -2.38. The topological polar surface area (TPSA) is 54.3 Å². The predicted octanol–water partition coefficient (Wildman–Crippen LogP) is 3.27. The predicted molar refractivity (Wildman–Crippen MR) is 66.8 cm³/mol. The van der Waals surface area contributed by atoms with Gasteiger partial charge in [0, 0.05) is 15.7 Å². The molecule has 0 aliphatic carbocycles. The molecule has 1 aliphatic rings. The van der Waals surface area contributed by atoms with Gasteiger partial charge in [0.05, 0.1) is 6.26 Å². The molecule has 17 heavy (non-hydrogen) atoms. The molecular weight excluding hydrogens is 284 g/mol. The van der Waals surface area contributed by atoms with Gasteiger partial charge in [-0.3, -0.25) is 0 Å². The van der Waals surface area contributed by atoms with E-state index < -0.39 is 0 Å². The van der Waals surface area contributed by atoms with Gasteiger partial charge >= 0.3 is 6.03 Å². The van der Waals surface area contributed by atoms with E-state index in [-0.39, 0.29) is 12.1 Å². The summed E-state index contributed by atoms with van der Waals surface area (Å²) in [5, 5.41) is 5.61. The first-order valence-electron chi connectivity index (χ1n) is 5.14. The van der Waals surface area contributed by atoms with E-state index in [2.05, 4.69) is 26.6 Å². The second-order valence-electron chi connectivity index (χ2n) is 3.78. The van der Waals surface area contributed by atoms with Crippen molar-refractivity contribution in [1.82, 2.24) is 5.32 Å². The number of amides is 2. The second-order valence-corrected chi connectivity index (χ2v) is 4.69. The van der Waals surface area contributed by atoms with Gasteiger partial charge in [-0.1, -0.05) is 22.0 Å². The summed E-state index contributed by atoms with van der Waals surface area (Å²) >= 11 is 3.38. The lowest BCUT2D eigenvalue weighted by atomic mass is 10.0. The van der Waals surface area contributed by atoms with E-state index in [1.54, 1.807) is 6.26 Å². The molecular formula is C12H9BrN2O2. The van der Waals surface area contributed by atoms with Gasteiger partial charge in [0.1, 0.15) is 11.8 Å². The number of anilines is 1. The number of fused-ring (bicyclic) bond motifs is 1. The molecule has 1 atom stereocenters. The number of hydrogen-bond donors (Lipinski definition) is 2. The first-order valence-corrected chi connectivity index (χ1v) is 5.94. The van der Waals surface area contributed by atoms with Crippen LogP contribution in [0, 0.1) is 0 Å². The smallest absolute Gasteiger partial charge is 0.320 e. The van der Waals surface area contributed by atoms with Crippen molar-refractivity contribution in [2.24, 2.45) is 0 Å². The van der Waals surface area contributed by atoms with Crippen molar-refractivity contribution in [3.63, 3.8) is 0 Å². The molecule has 2 N–H and O–H groups in total. The van der Waals surface area contributed by atoms with E-state index in [1.165, 1.54) is 0 Å². The summed E-state index contributed by atoms with van der Waals surface area (Å²) in [5.74, 6) is 0.725. The van der Waals surface area contributed by atoms with E-state index in [9.17, 15) is 4.79 Å². The third-order valence-electron chi connectivity index (χ3n) is 2.68. The first kappa shape index (κ1) is 10.4. The third kappa shape index (κ3) is 1.82. The molecule has 86 valence electrons. The molecule has 1 aromatic carbocycles.